The van der Waals surface area contributed by atoms with Crippen molar-refractivity contribution < 1.29 is 19.4 Å². The predicted molar refractivity (Wildman–Crippen MR) is 76.5 cm³/mol. The number of likely N-dealkylation sites (N-methyl/N-ethyl adjacent to an activating group) is 1. The number of aliphatic carboxylic acids is 1. The minimum atomic E-state index is -1.32. The number of carbonyl (C=O) groups excluding carboxylic acids is 1. The van der Waals surface area contributed by atoms with Crippen LogP contribution < -0.4 is 10.1 Å². The van der Waals surface area contributed by atoms with Crippen LogP contribution in [-0.4, -0.2) is 41.7 Å². The average molecular weight is 301 g/mol. The summed E-state index contributed by atoms with van der Waals surface area (Å²) in [5, 5.41) is 12.1. The van der Waals surface area contributed by atoms with Crippen molar-refractivity contribution in [3.05, 3.63) is 23.2 Å². The Hall–Kier alpha value is -1.95. The predicted octanol–water partition coefficient (Wildman–Crippen LogP) is 2.68. The van der Waals surface area contributed by atoms with E-state index in [1.807, 2.05) is 0 Å². The molecule has 6 nitrogen and oxygen atoms in total. The summed E-state index contributed by atoms with van der Waals surface area (Å²) in [5.74, 6) is -0.673. The van der Waals surface area contributed by atoms with Crippen LogP contribution in [0.1, 0.15) is 13.8 Å². The second kappa shape index (κ2) is 6.00. The number of rotatable bonds is 4. The number of hydrogen-bond acceptors (Lipinski definition) is 3. The first kappa shape index (κ1) is 16.1. The summed E-state index contributed by atoms with van der Waals surface area (Å²) in [7, 11) is 2.88. The Bertz CT molecular complexity index is 531. The fraction of sp³-hybridized carbons (Fsp3) is 0.385. The number of methoxy groups -OCH3 is 1. The molecule has 0 radical (unpaired) electrons. The number of carbonyl (C=O) groups is 2. The van der Waals surface area contributed by atoms with E-state index in [0.717, 1.165) is 4.90 Å². The first-order valence-electron chi connectivity index (χ1n) is 5.82. The van der Waals surface area contributed by atoms with E-state index in [4.69, 9.17) is 21.4 Å². The third kappa shape index (κ3) is 3.33. The molecule has 0 unspecified atom stereocenters. The second-order valence-electron chi connectivity index (χ2n) is 4.70. The number of urea groups is 1. The molecule has 0 saturated carbocycles. The third-order valence-corrected chi connectivity index (χ3v) is 3.38. The number of amides is 2. The van der Waals surface area contributed by atoms with Crippen molar-refractivity contribution in [3.63, 3.8) is 0 Å². The van der Waals surface area contributed by atoms with Crippen LogP contribution >= 0.6 is 11.6 Å². The van der Waals surface area contributed by atoms with Gasteiger partial charge in [0.2, 0.25) is 0 Å². The smallest absolute Gasteiger partial charge is 0.329 e. The third-order valence-electron chi connectivity index (χ3n) is 3.07. The van der Waals surface area contributed by atoms with Gasteiger partial charge in [0.15, 0.2) is 0 Å². The van der Waals surface area contributed by atoms with Gasteiger partial charge in [-0.3, -0.25) is 0 Å². The van der Waals surface area contributed by atoms with Gasteiger partial charge in [0.1, 0.15) is 11.3 Å². The van der Waals surface area contributed by atoms with Gasteiger partial charge in [0.25, 0.3) is 0 Å². The van der Waals surface area contributed by atoms with E-state index in [9.17, 15) is 9.59 Å². The van der Waals surface area contributed by atoms with Crippen LogP contribution in [0.4, 0.5) is 10.5 Å². The van der Waals surface area contributed by atoms with Gasteiger partial charge < -0.3 is 20.1 Å². The highest BCUT2D eigenvalue weighted by Gasteiger charge is 2.35. The van der Waals surface area contributed by atoms with Crippen LogP contribution in [0.15, 0.2) is 18.2 Å². The number of nitrogens with zero attached hydrogens (tertiary/aromatic N) is 1. The largest absolute Gasteiger partial charge is 0.495 e. The molecule has 7 heteroatoms. The molecule has 0 aliphatic carbocycles. The van der Waals surface area contributed by atoms with Crippen molar-refractivity contribution in [2.24, 2.45) is 0 Å². The lowest BCUT2D eigenvalue weighted by Gasteiger charge is -2.31. The van der Waals surface area contributed by atoms with Crippen molar-refractivity contribution in [2.75, 3.05) is 19.5 Å². The molecule has 0 saturated heterocycles. The first-order valence-corrected chi connectivity index (χ1v) is 6.19. The molecule has 1 rings (SSSR count). The molecule has 0 atom stereocenters. The highest BCUT2D eigenvalue weighted by molar-refractivity contribution is 6.32. The number of halogens is 1. The molecule has 0 heterocycles. The van der Waals surface area contributed by atoms with E-state index < -0.39 is 17.5 Å². The van der Waals surface area contributed by atoms with Gasteiger partial charge in [-0.05, 0) is 26.0 Å². The van der Waals surface area contributed by atoms with Gasteiger partial charge >= 0.3 is 12.0 Å². The topological polar surface area (TPSA) is 78.9 Å². The summed E-state index contributed by atoms with van der Waals surface area (Å²) in [5.41, 5.74) is -0.857. The molecule has 1 aromatic carbocycles. The summed E-state index contributed by atoms with van der Waals surface area (Å²) in [4.78, 5) is 24.2. The summed E-state index contributed by atoms with van der Waals surface area (Å²) >= 11 is 5.88. The monoisotopic (exact) mass is 300 g/mol. The van der Waals surface area contributed by atoms with E-state index in [-0.39, 0.29) is 0 Å². The van der Waals surface area contributed by atoms with Crippen molar-refractivity contribution in [3.8, 4) is 5.75 Å². The quantitative estimate of drug-likeness (QED) is 0.896. The number of nitrogens with one attached hydrogen (secondary N) is 1. The maximum Gasteiger partial charge on any atom is 0.329 e. The molecule has 2 amide bonds. The van der Waals surface area contributed by atoms with E-state index in [1.54, 1.807) is 18.2 Å². The molecular formula is C13H17ClN2O4. The van der Waals surface area contributed by atoms with Crippen LogP contribution in [0.25, 0.3) is 0 Å². The Labute approximate surface area is 122 Å². The SMILES string of the molecule is COc1cc(NC(=O)N(C)C(C)(C)C(=O)O)ccc1Cl. The molecule has 0 spiro atoms. The molecule has 0 aliphatic rings. The summed E-state index contributed by atoms with van der Waals surface area (Å²) in [6.45, 7) is 2.88. The van der Waals surface area contributed by atoms with Gasteiger partial charge in [0.05, 0.1) is 12.1 Å². The van der Waals surface area contributed by atoms with E-state index in [1.165, 1.54) is 28.0 Å². The van der Waals surface area contributed by atoms with E-state index in [0.29, 0.717) is 16.5 Å². The van der Waals surface area contributed by atoms with Crippen LogP contribution in [-0.2, 0) is 4.79 Å². The molecule has 0 fully saturated rings. The molecule has 0 bridgehead atoms. The molecule has 20 heavy (non-hydrogen) atoms. The lowest BCUT2D eigenvalue weighted by Crippen LogP contribution is -2.52. The summed E-state index contributed by atoms with van der Waals surface area (Å²) < 4.78 is 5.04. The van der Waals surface area contributed by atoms with Crippen LogP contribution in [0.3, 0.4) is 0 Å². The zero-order chi connectivity index (χ0) is 15.5. The Morgan fingerprint density at radius 2 is 2.00 bits per heavy atom. The van der Waals surface area contributed by atoms with Gasteiger partial charge in [-0.25, -0.2) is 9.59 Å². The van der Waals surface area contributed by atoms with Crippen molar-refractivity contribution in [1.29, 1.82) is 0 Å². The van der Waals surface area contributed by atoms with Crippen molar-refractivity contribution >= 4 is 29.3 Å². The number of ether oxygens (including phenoxy) is 1. The van der Waals surface area contributed by atoms with E-state index in [2.05, 4.69) is 5.32 Å². The zero-order valence-corrected chi connectivity index (χ0v) is 12.5. The molecule has 0 aromatic heterocycles. The molecule has 0 aliphatic heterocycles. The fourth-order valence-electron chi connectivity index (χ4n) is 1.34. The second-order valence-corrected chi connectivity index (χ2v) is 5.11. The van der Waals surface area contributed by atoms with Crippen molar-refractivity contribution in [2.45, 2.75) is 19.4 Å². The highest BCUT2D eigenvalue weighted by atomic mass is 35.5. The first-order chi connectivity index (χ1) is 9.20. The maximum absolute atomic E-state index is 12.0. The lowest BCUT2D eigenvalue weighted by molar-refractivity contribution is -0.146. The van der Waals surface area contributed by atoms with Gasteiger partial charge in [-0.2, -0.15) is 0 Å². The Morgan fingerprint density at radius 3 is 2.50 bits per heavy atom. The fourth-order valence-corrected chi connectivity index (χ4v) is 1.54. The minimum Gasteiger partial charge on any atom is -0.495 e. The van der Waals surface area contributed by atoms with E-state index >= 15 is 0 Å². The van der Waals surface area contributed by atoms with Crippen molar-refractivity contribution in [1.82, 2.24) is 4.90 Å². The van der Waals surface area contributed by atoms with Crippen LogP contribution in [0, 0.1) is 0 Å². The Balaban J connectivity index is 2.88. The highest BCUT2D eigenvalue weighted by Crippen LogP contribution is 2.27. The standard InChI is InChI=1S/C13H17ClN2O4/c1-13(2,11(17)18)16(3)12(19)15-8-5-6-9(14)10(7-8)20-4/h5-7H,1-4H3,(H,15,19)(H,17,18). The number of hydrogen-bond donors (Lipinski definition) is 2. The van der Waals surface area contributed by atoms with Gasteiger partial charge in [-0.1, -0.05) is 11.6 Å². The average Bonchev–Trinajstić information content (AvgIpc) is 2.39. The van der Waals surface area contributed by atoms with Gasteiger partial charge in [-0.15, -0.1) is 0 Å². The molecule has 2 N–H and O–H groups in total. The maximum atomic E-state index is 12.0. The lowest BCUT2D eigenvalue weighted by atomic mass is 10.1. The van der Waals surface area contributed by atoms with Crippen LogP contribution in [0.5, 0.6) is 5.75 Å². The summed E-state index contributed by atoms with van der Waals surface area (Å²) in [6, 6.07) is 4.20. The number of carboxylic acid groups (broad SMARTS) is 1. The normalized spacial score (nSPS) is 10.8. The summed E-state index contributed by atoms with van der Waals surface area (Å²) in [6.07, 6.45) is 0. The Kier molecular flexibility index (Phi) is 4.83. The Morgan fingerprint density at radius 1 is 1.40 bits per heavy atom. The number of carboxylic acids is 1. The number of anilines is 1. The van der Waals surface area contributed by atoms with Gasteiger partial charge in [0, 0.05) is 18.8 Å². The molecular weight excluding hydrogens is 284 g/mol. The number of benzene rings is 1. The van der Waals surface area contributed by atoms with Crippen LogP contribution in [0.2, 0.25) is 5.02 Å². The zero-order valence-electron chi connectivity index (χ0n) is 11.7. The molecule has 1 aromatic rings. The molecule has 110 valence electrons. The minimum absolute atomic E-state index is 0.421.